The predicted molar refractivity (Wildman–Crippen MR) is 27.2 cm³/mol. The lowest BCUT2D eigenvalue weighted by Gasteiger charge is -1.98. The minimum absolute atomic E-state index is 0.0208. The molecule has 0 bridgehead atoms. The zero-order chi connectivity index (χ0) is 5.33. The highest BCUT2D eigenvalue weighted by Gasteiger charge is 2.28. The molecule has 0 saturated carbocycles. The Balaban J connectivity index is 2.57. The average molecular weight is 168 g/mol. The van der Waals surface area contributed by atoms with Gasteiger partial charge in [0.25, 0.3) is 0 Å². The molecule has 0 N–H and O–H groups in total. The molecule has 0 saturated heterocycles. The van der Waals surface area contributed by atoms with Gasteiger partial charge in [-0.05, 0) is 15.9 Å². The summed E-state index contributed by atoms with van der Waals surface area (Å²) >= 11 is 2.70. The van der Waals surface area contributed by atoms with E-state index in [0.717, 1.165) is 6.21 Å². The van der Waals surface area contributed by atoms with Crippen molar-refractivity contribution in [3.63, 3.8) is 0 Å². The van der Waals surface area contributed by atoms with Gasteiger partial charge in [0.2, 0.25) is 4.58 Å². The molecule has 1 aliphatic rings. The number of hydrogen-bond donors (Lipinski definition) is 0. The number of alkyl halides is 2. The van der Waals surface area contributed by atoms with Gasteiger partial charge < -0.3 is 4.84 Å². The van der Waals surface area contributed by atoms with Crippen LogP contribution in [0.1, 0.15) is 0 Å². The Morgan fingerprint density at radius 3 is 2.86 bits per heavy atom. The van der Waals surface area contributed by atoms with E-state index in [1.165, 1.54) is 0 Å². The molecule has 1 heterocycles. The largest absolute Gasteiger partial charge is 0.391 e. The van der Waals surface area contributed by atoms with Gasteiger partial charge in [0.1, 0.15) is 0 Å². The molecule has 1 atom stereocenters. The smallest absolute Gasteiger partial charge is 0.239 e. The summed E-state index contributed by atoms with van der Waals surface area (Å²) in [5.41, 5.74) is 0. The van der Waals surface area contributed by atoms with Crippen LogP contribution in [0.4, 0.5) is 4.39 Å². The fraction of sp³-hybridized carbons (Fsp3) is 0.667. The van der Waals surface area contributed by atoms with Crippen molar-refractivity contribution in [2.24, 2.45) is 5.16 Å². The molecule has 1 aliphatic heterocycles. The second-order valence-electron chi connectivity index (χ2n) is 1.27. The highest BCUT2D eigenvalue weighted by molar-refractivity contribution is 9.10. The number of rotatable bonds is 0. The first-order valence-corrected chi connectivity index (χ1v) is 2.54. The van der Waals surface area contributed by atoms with Crippen molar-refractivity contribution in [2.75, 3.05) is 6.61 Å². The third kappa shape index (κ3) is 1.12. The maximum absolute atomic E-state index is 12.3. The second-order valence-corrected chi connectivity index (χ2v) is 2.59. The van der Waals surface area contributed by atoms with Crippen LogP contribution >= 0.6 is 15.9 Å². The lowest BCUT2D eigenvalue weighted by molar-refractivity contribution is 0.133. The standard InChI is InChI=1S/C3H3BrFNO/c4-3(5)1-6-7-2-3/h1H,2H2. The fourth-order valence-corrected chi connectivity index (χ4v) is 0.461. The lowest BCUT2D eigenvalue weighted by Crippen LogP contribution is -2.15. The van der Waals surface area contributed by atoms with Crippen LogP contribution in [0.5, 0.6) is 0 Å². The Kier molecular flexibility index (Phi) is 1.03. The topological polar surface area (TPSA) is 21.6 Å². The van der Waals surface area contributed by atoms with Gasteiger partial charge in [0.15, 0.2) is 6.61 Å². The van der Waals surface area contributed by atoms with Gasteiger partial charge in [-0.2, -0.15) is 0 Å². The summed E-state index contributed by atoms with van der Waals surface area (Å²) in [7, 11) is 0. The summed E-state index contributed by atoms with van der Waals surface area (Å²) < 4.78 is 10.7. The maximum atomic E-state index is 12.3. The van der Waals surface area contributed by atoms with E-state index in [9.17, 15) is 4.39 Å². The van der Waals surface area contributed by atoms with Crippen LogP contribution in [-0.2, 0) is 4.84 Å². The second kappa shape index (κ2) is 1.43. The van der Waals surface area contributed by atoms with Crippen molar-refractivity contribution < 1.29 is 9.23 Å². The van der Waals surface area contributed by atoms with Gasteiger partial charge in [0.05, 0.1) is 6.21 Å². The highest BCUT2D eigenvalue weighted by Crippen LogP contribution is 2.21. The highest BCUT2D eigenvalue weighted by atomic mass is 79.9. The Morgan fingerprint density at radius 1 is 2.00 bits per heavy atom. The van der Waals surface area contributed by atoms with Crippen LogP contribution in [0.25, 0.3) is 0 Å². The Hall–Kier alpha value is -0.120. The molecule has 2 nitrogen and oxygen atoms in total. The average Bonchev–Trinajstić information content (AvgIpc) is 1.84. The summed E-state index contributed by atoms with van der Waals surface area (Å²) in [5.74, 6) is 0. The summed E-state index contributed by atoms with van der Waals surface area (Å²) in [6, 6.07) is 0. The van der Waals surface area contributed by atoms with Gasteiger partial charge in [-0.25, -0.2) is 4.39 Å². The molecule has 40 valence electrons. The summed E-state index contributed by atoms with van der Waals surface area (Å²) in [5, 5.41) is 3.19. The molecule has 0 amide bonds. The molecule has 0 spiro atoms. The molecule has 7 heavy (non-hydrogen) atoms. The molecule has 0 aromatic rings. The fourth-order valence-electron chi connectivity index (χ4n) is 0.275. The molecular formula is C3H3BrFNO. The molecular weight excluding hydrogens is 165 g/mol. The number of halogens is 2. The monoisotopic (exact) mass is 167 g/mol. The minimum atomic E-state index is -1.51. The van der Waals surface area contributed by atoms with Crippen LogP contribution in [0.2, 0.25) is 0 Å². The Labute approximate surface area is 48.5 Å². The van der Waals surface area contributed by atoms with Gasteiger partial charge in [0, 0.05) is 0 Å². The van der Waals surface area contributed by atoms with Crippen LogP contribution in [0.15, 0.2) is 5.16 Å². The van der Waals surface area contributed by atoms with E-state index in [4.69, 9.17) is 0 Å². The van der Waals surface area contributed by atoms with Crippen LogP contribution in [0.3, 0.4) is 0 Å². The van der Waals surface area contributed by atoms with Crippen molar-refractivity contribution in [3.8, 4) is 0 Å². The van der Waals surface area contributed by atoms with Crippen molar-refractivity contribution >= 4 is 22.1 Å². The van der Waals surface area contributed by atoms with Gasteiger partial charge >= 0.3 is 0 Å². The molecule has 0 aliphatic carbocycles. The summed E-state index contributed by atoms with van der Waals surface area (Å²) in [6.45, 7) is -0.0208. The molecule has 0 fully saturated rings. The molecule has 0 radical (unpaired) electrons. The normalized spacial score (nSPS) is 38.6. The summed E-state index contributed by atoms with van der Waals surface area (Å²) in [4.78, 5) is 4.31. The van der Waals surface area contributed by atoms with Crippen LogP contribution in [-0.4, -0.2) is 17.4 Å². The molecule has 0 aromatic carbocycles. The van der Waals surface area contributed by atoms with E-state index >= 15 is 0 Å². The van der Waals surface area contributed by atoms with E-state index in [2.05, 4.69) is 25.9 Å². The first kappa shape index (κ1) is 5.03. The van der Waals surface area contributed by atoms with E-state index in [1.807, 2.05) is 0 Å². The first-order chi connectivity index (χ1) is 3.21. The summed E-state index contributed by atoms with van der Waals surface area (Å²) in [6.07, 6.45) is 1.08. The maximum Gasteiger partial charge on any atom is 0.239 e. The number of nitrogens with zero attached hydrogens (tertiary/aromatic N) is 1. The van der Waals surface area contributed by atoms with Crippen molar-refractivity contribution in [2.45, 2.75) is 4.58 Å². The van der Waals surface area contributed by atoms with E-state index in [0.29, 0.717) is 0 Å². The SMILES string of the molecule is FC1(Br)C=NOC1. The van der Waals surface area contributed by atoms with Crippen molar-refractivity contribution in [1.29, 1.82) is 0 Å². The quantitative estimate of drug-likeness (QED) is 0.495. The van der Waals surface area contributed by atoms with E-state index < -0.39 is 4.58 Å². The van der Waals surface area contributed by atoms with Gasteiger partial charge in [-0.15, -0.1) is 0 Å². The van der Waals surface area contributed by atoms with Crippen LogP contribution < -0.4 is 0 Å². The van der Waals surface area contributed by atoms with E-state index in [-0.39, 0.29) is 6.61 Å². The zero-order valence-electron chi connectivity index (χ0n) is 3.40. The minimum Gasteiger partial charge on any atom is -0.391 e. The molecule has 1 rings (SSSR count). The third-order valence-corrected chi connectivity index (χ3v) is 1.01. The predicted octanol–water partition coefficient (Wildman–Crippen LogP) is 1.06. The molecule has 4 heteroatoms. The first-order valence-electron chi connectivity index (χ1n) is 1.75. The van der Waals surface area contributed by atoms with Gasteiger partial charge in [-0.1, -0.05) is 5.16 Å². The third-order valence-electron chi connectivity index (χ3n) is 0.573. The lowest BCUT2D eigenvalue weighted by atomic mass is 10.5. The Morgan fingerprint density at radius 2 is 2.71 bits per heavy atom. The number of hydrogen-bond acceptors (Lipinski definition) is 2. The van der Waals surface area contributed by atoms with Crippen LogP contribution in [0, 0.1) is 0 Å². The zero-order valence-corrected chi connectivity index (χ0v) is 4.98. The van der Waals surface area contributed by atoms with E-state index in [1.54, 1.807) is 0 Å². The number of oxime groups is 1. The Bertz CT molecular complexity index is 103. The molecule has 0 aromatic heterocycles. The van der Waals surface area contributed by atoms with Crippen molar-refractivity contribution in [1.82, 2.24) is 0 Å². The van der Waals surface area contributed by atoms with Gasteiger partial charge in [-0.3, -0.25) is 0 Å². The van der Waals surface area contributed by atoms with Crippen molar-refractivity contribution in [3.05, 3.63) is 0 Å². The molecule has 1 unspecified atom stereocenters.